The minimum Gasteiger partial charge on any atom is -0.340 e. The SMILES string of the molecule is CN(Cc1cccc([N+](=O)[O-])c1)C(=O)CN1C(=O)c2cccc([N+](=O)[O-])c2C1=O. The molecule has 1 aliphatic rings. The molecule has 11 heteroatoms. The Hall–Kier alpha value is -4.15. The van der Waals surface area contributed by atoms with Gasteiger partial charge in [0.25, 0.3) is 23.2 Å². The van der Waals surface area contributed by atoms with Gasteiger partial charge in [-0.3, -0.25) is 39.5 Å². The average molecular weight is 398 g/mol. The van der Waals surface area contributed by atoms with Gasteiger partial charge in [-0.1, -0.05) is 18.2 Å². The fourth-order valence-electron chi connectivity index (χ4n) is 3.00. The van der Waals surface area contributed by atoms with Crippen LogP contribution in [0.3, 0.4) is 0 Å². The van der Waals surface area contributed by atoms with Crippen molar-refractivity contribution in [2.75, 3.05) is 13.6 Å². The van der Waals surface area contributed by atoms with Gasteiger partial charge in [0, 0.05) is 31.8 Å². The van der Waals surface area contributed by atoms with Crippen LogP contribution in [0.15, 0.2) is 42.5 Å². The van der Waals surface area contributed by atoms with Gasteiger partial charge in [0.1, 0.15) is 12.1 Å². The summed E-state index contributed by atoms with van der Waals surface area (Å²) < 4.78 is 0. The third-order valence-corrected chi connectivity index (χ3v) is 4.43. The third kappa shape index (κ3) is 3.65. The van der Waals surface area contributed by atoms with Crippen molar-refractivity contribution < 1.29 is 24.2 Å². The number of nitro groups is 2. The van der Waals surface area contributed by atoms with Gasteiger partial charge in [0.15, 0.2) is 0 Å². The number of nitrogens with zero attached hydrogens (tertiary/aromatic N) is 4. The van der Waals surface area contributed by atoms with E-state index in [1.165, 1.54) is 42.3 Å². The summed E-state index contributed by atoms with van der Waals surface area (Å²) in [5, 5.41) is 22.0. The Morgan fingerprint density at radius 3 is 2.38 bits per heavy atom. The van der Waals surface area contributed by atoms with Crippen LogP contribution >= 0.6 is 0 Å². The Kier molecular flexibility index (Phi) is 5.05. The molecule has 1 aliphatic heterocycles. The fraction of sp³-hybridized carbons (Fsp3) is 0.167. The first-order valence-electron chi connectivity index (χ1n) is 8.31. The first-order chi connectivity index (χ1) is 13.7. The molecule has 0 saturated heterocycles. The van der Waals surface area contributed by atoms with Crippen molar-refractivity contribution in [3.63, 3.8) is 0 Å². The Morgan fingerprint density at radius 1 is 1.03 bits per heavy atom. The zero-order chi connectivity index (χ0) is 21.3. The van der Waals surface area contributed by atoms with Crippen LogP contribution in [0, 0.1) is 20.2 Å². The van der Waals surface area contributed by atoms with E-state index in [1.54, 1.807) is 6.07 Å². The summed E-state index contributed by atoms with van der Waals surface area (Å²) in [6.45, 7) is -0.585. The predicted molar refractivity (Wildman–Crippen MR) is 98.0 cm³/mol. The monoisotopic (exact) mass is 398 g/mol. The topological polar surface area (TPSA) is 144 Å². The van der Waals surface area contributed by atoms with Gasteiger partial charge in [0.05, 0.1) is 15.4 Å². The molecule has 2 aromatic rings. The van der Waals surface area contributed by atoms with Crippen molar-refractivity contribution >= 4 is 29.1 Å². The molecule has 148 valence electrons. The number of non-ortho nitro benzene ring substituents is 1. The number of hydrogen-bond acceptors (Lipinski definition) is 7. The Labute approximate surface area is 163 Å². The van der Waals surface area contributed by atoms with E-state index >= 15 is 0 Å². The van der Waals surface area contributed by atoms with Gasteiger partial charge in [-0.2, -0.15) is 0 Å². The van der Waals surface area contributed by atoms with Gasteiger partial charge in [-0.15, -0.1) is 0 Å². The lowest BCUT2D eigenvalue weighted by Gasteiger charge is -2.20. The minimum absolute atomic E-state index is 0.0177. The number of carbonyl (C=O) groups is 3. The van der Waals surface area contributed by atoms with E-state index < -0.39 is 39.8 Å². The zero-order valence-electron chi connectivity index (χ0n) is 15.1. The van der Waals surface area contributed by atoms with E-state index in [4.69, 9.17) is 0 Å². The zero-order valence-corrected chi connectivity index (χ0v) is 15.1. The molecule has 0 aromatic heterocycles. The number of carbonyl (C=O) groups excluding carboxylic acids is 3. The summed E-state index contributed by atoms with van der Waals surface area (Å²) in [6, 6.07) is 9.41. The first kappa shape index (κ1) is 19.6. The molecule has 0 unspecified atom stereocenters. The molecule has 29 heavy (non-hydrogen) atoms. The maximum Gasteiger partial charge on any atom is 0.282 e. The molecule has 1 heterocycles. The van der Waals surface area contributed by atoms with E-state index in [2.05, 4.69) is 0 Å². The molecular weight excluding hydrogens is 384 g/mol. The van der Waals surface area contributed by atoms with E-state index in [0.717, 1.165) is 6.07 Å². The molecule has 0 saturated carbocycles. The van der Waals surface area contributed by atoms with Crippen molar-refractivity contribution in [2.24, 2.45) is 0 Å². The summed E-state index contributed by atoms with van der Waals surface area (Å²) in [5.74, 6) is -2.30. The molecule has 0 fully saturated rings. The molecule has 0 aliphatic carbocycles. The summed E-state index contributed by atoms with van der Waals surface area (Å²) in [6.07, 6.45) is 0. The lowest BCUT2D eigenvalue weighted by molar-refractivity contribution is -0.385. The van der Waals surface area contributed by atoms with E-state index in [9.17, 15) is 34.6 Å². The number of rotatable bonds is 6. The molecule has 0 radical (unpaired) electrons. The second-order valence-electron chi connectivity index (χ2n) is 6.33. The maximum absolute atomic E-state index is 12.5. The predicted octanol–water partition coefficient (Wildman–Crippen LogP) is 1.76. The largest absolute Gasteiger partial charge is 0.340 e. The third-order valence-electron chi connectivity index (χ3n) is 4.43. The van der Waals surface area contributed by atoms with Crippen LogP contribution in [0.4, 0.5) is 11.4 Å². The number of imide groups is 1. The molecule has 2 aromatic carbocycles. The van der Waals surface area contributed by atoms with Crippen LogP contribution in [-0.4, -0.2) is 51.0 Å². The average Bonchev–Trinajstić information content (AvgIpc) is 2.93. The molecule has 11 nitrogen and oxygen atoms in total. The van der Waals surface area contributed by atoms with Crippen LogP contribution in [0.1, 0.15) is 26.3 Å². The van der Waals surface area contributed by atoms with Crippen LogP contribution in [0.25, 0.3) is 0 Å². The second kappa shape index (κ2) is 7.46. The van der Waals surface area contributed by atoms with Crippen molar-refractivity contribution in [1.29, 1.82) is 0 Å². The Bertz CT molecular complexity index is 1070. The van der Waals surface area contributed by atoms with Crippen molar-refractivity contribution in [1.82, 2.24) is 9.80 Å². The summed E-state index contributed by atoms with van der Waals surface area (Å²) in [7, 11) is 1.42. The van der Waals surface area contributed by atoms with Crippen molar-refractivity contribution in [3.05, 3.63) is 79.4 Å². The second-order valence-corrected chi connectivity index (χ2v) is 6.33. The molecule has 3 amide bonds. The summed E-state index contributed by atoms with van der Waals surface area (Å²) >= 11 is 0. The van der Waals surface area contributed by atoms with E-state index in [0.29, 0.717) is 10.5 Å². The van der Waals surface area contributed by atoms with Gasteiger partial charge in [-0.05, 0) is 11.6 Å². The summed E-state index contributed by atoms with van der Waals surface area (Å²) in [4.78, 5) is 60.0. The number of hydrogen-bond donors (Lipinski definition) is 0. The highest BCUT2D eigenvalue weighted by molar-refractivity contribution is 6.24. The van der Waals surface area contributed by atoms with Gasteiger partial charge in [0.2, 0.25) is 5.91 Å². The smallest absolute Gasteiger partial charge is 0.282 e. The lowest BCUT2D eigenvalue weighted by Crippen LogP contribution is -2.41. The van der Waals surface area contributed by atoms with Crippen LogP contribution < -0.4 is 0 Å². The molecule has 3 rings (SSSR count). The number of likely N-dealkylation sites (N-methyl/N-ethyl adjacent to an activating group) is 1. The van der Waals surface area contributed by atoms with Crippen LogP contribution in [0.5, 0.6) is 0 Å². The van der Waals surface area contributed by atoms with Gasteiger partial charge < -0.3 is 4.90 Å². The van der Waals surface area contributed by atoms with E-state index in [-0.39, 0.29) is 23.4 Å². The normalized spacial score (nSPS) is 12.7. The molecule has 0 spiro atoms. The van der Waals surface area contributed by atoms with Gasteiger partial charge in [-0.25, -0.2) is 0 Å². The lowest BCUT2D eigenvalue weighted by atomic mass is 10.1. The quantitative estimate of drug-likeness (QED) is 0.409. The van der Waals surface area contributed by atoms with Gasteiger partial charge >= 0.3 is 0 Å². The van der Waals surface area contributed by atoms with Crippen molar-refractivity contribution in [2.45, 2.75) is 6.54 Å². The molecular formula is C18H14N4O7. The number of nitro benzene ring substituents is 2. The van der Waals surface area contributed by atoms with Crippen LogP contribution in [0.2, 0.25) is 0 Å². The molecule has 0 N–H and O–H groups in total. The van der Waals surface area contributed by atoms with E-state index in [1.807, 2.05) is 0 Å². The summed E-state index contributed by atoms with van der Waals surface area (Å²) in [5.41, 5.74) is -0.597. The number of benzene rings is 2. The fourth-order valence-corrected chi connectivity index (χ4v) is 3.00. The highest BCUT2D eigenvalue weighted by Gasteiger charge is 2.41. The number of fused-ring (bicyclic) bond motifs is 1. The molecule has 0 atom stereocenters. The highest BCUT2D eigenvalue weighted by atomic mass is 16.6. The minimum atomic E-state index is -0.908. The number of amides is 3. The Balaban J connectivity index is 1.75. The standard InChI is InChI=1S/C18H14N4O7/c1-19(9-11-4-2-5-12(8-11)21(26)27)15(23)10-20-17(24)13-6-3-7-14(22(28)29)16(13)18(20)25/h2-8H,9-10H2,1H3. The molecule has 0 bridgehead atoms. The Morgan fingerprint density at radius 2 is 1.72 bits per heavy atom. The van der Waals surface area contributed by atoms with Crippen LogP contribution in [-0.2, 0) is 11.3 Å². The maximum atomic E-state index is 12.5. The highest BCUT2D eigenvalue weighted by Crippen LogP contribution is 2.30. The van der Waals surface area contributed by atoms with Crippen molar-refractivity contribution in [3.8, 4) is 0 Å². The first-order valence-corrected chi connectivity index (χ1v) is 8.31.